The minimum Gasteiger partial charge on any atom is -1.00 e. The molecule has 0 fully saturated rings. The zero-order valence-electron chi connectivity index (χ0n) is 20.9. The summed E-state index contributed by atoms with van der Waals surface area (Å²) in [5, 5.41) is 6.33. The summed E-state index contributed by atoms with van der Waals surface area (Å²) in [6.45, 7) is 4.89. The van der Waals surface area contributed by atoms with Crippen LogP contribution in [0.1, 0.15) is 29.5 Å². The Morgan fingerprint density at radius 1 is 0.514 bits per heavy atom. The topological polar surface area (TPSA) is 0 Å². The van der Waals surface area contributed by atoms with Gasteiger partial charge >= 0.3 is 224 Å². The Hall–Kier alpha value is -1.32. The third kappa shape index (κ3) is 5.69. The molecule has 0 saturated carbocycles. The van der Waals surface area contributed by atoms with Crippen LogP contribution in [0.2, 0.25) is 0 Å². The molecule has 0 aliphatic heterocycles. The summed E-state index contributed by atoms with van der Waals surface area (Å²) in [5.41, 5.74) is 6.08. The maximum atomic E-state index is 2.57. The first kappa shape index (κ1) is 28.7. The molecule has 5 heteroatoms. The van der Waals surface area contributed by atoms with Gasteiger partial charge < -0.3 is 24.8 Å². The van der Waals surface area contributed by atoms with Gasteiger partial charge in [-0.05, 0) is 0 Å². The molecule has 0 radical (unpaired) electrons. The number of hydrogen-bond acceptors (Lipinski definition) is 0. The molecule has 4 aromatic rings. The van der Waals surface area contributed by atoms with E-state index in [2.05, 4.69) is 135 Å². The van der Waals surface area contributed by atoms with Gasteiger partial charge in [0.1, 0.15) is 0 Å². The van der Waals surface area contributed by atoms with Crippen molar-refractivity contribution >= 4 is 38.6 Å². The summed E-state index contributed by atoms with van der Waals surface area (Å²) >= 11 is -0.926. The Morgan fingerprint density at radius 3 is 1.41 bits per heavy atom. The quantitative estimate of drug-likeness (QED) is 0.285. The van der Waals surface area contributed by atoms with Crippen LogP contribution in [0.5, 0.6) is 0 Å². The first-order valence-corrected chi connectivity index (χ1v) is 18.6. The number of allylic oxidation sites excluding steroid dienone is 2. The molecule has 0 saturated heterocycles. The summed E-state index contributed by atoms with van der Waals surface area (Å²) in [6.07, 6.45) is 5.10. The Labute approximate surface area is 247 Å². The molecule has 0 aromatic heterocycles. The summed E-state index contributed by atoms with van der Waals surface area (Å²) in [5.74, 6) is 0. The van der Waals surface area contributed by atoms with Gasteiger partial charge in [0.2, 0.25) is 0 Å². The van der Waals surface area contributed by atoms with Gasteiger partial charge in [0, 0.05) is 0 Å². The SMILES string of the molecule is CP(C)C1=Cc2ccccc2[CH]1[Zr+2][CH]1C(P(c2ccccc2)c2ccccc2)=Cc2ccccc21.[Cl-].[Cl-]. The summed E-state index contributed by atoms with van der Waals surface area (Å²) in [6, 6.07) is 40.9. The Morgan fingerprint density at radius 2 is 0.919 bits per heavy atom. The van der Waals surface area contributed by atoms with Crippen LogP contribution in [0.4, 0.5) is 0 Å². The zero-order valence-corrected chi connectivity index (χ0v) is 26.6. The Balaban J connectivity index is 0.00000160. The number of hydrogen-bond donors (Lipinski definition) is 0. The molecule has 6 rings (SSSR count). The van der Waals surface area contributed by atoms with Crippen LogP contribution >= 0.6 is 15.8 Å². The minimum absolute atomic E-state index is 0. The van der Waals surface area contributed by atoms with Crippen LogP contribution in [0.25, 0.3) is 12.2 Å². The van der Waals surface area contributed by atoms with E-state index in [0.717, 1.165) is 0 Å². The van der Waals surface area contributed by atoms with Gasteiger partial charge in [0.15, 0.2) is 0 Å². The fraction of sp³-hybridized carbons (Fsp3) is 0.125. The van der Waals surface area contributed by atoms with E-state index in [1.54, 1.807) is 21.8 Å². The summed E-state index contributed by atoms with van der Waals surface area (Å²) in [4.78, 5) is 0. The van der Waals surface area contributed by atoms with E-state index in [4.69, 9.17) is 0 Å². The van der Waals surface area contributed by atoms with Gasteiger partial charge in [-0.1, -0.05) is 0 Å². The van der Waals surface area contributed by atoms with Gasteiger partial charge in [-0.25, -0.2) is 0 Å². The molecule has 2 aliphatic rings. The number of halogens is 2. The van der Waals surface area contributed by atoms with Gasteiger partial charge in [-0.15, -0.1) is 0 Å². The fourth-order valence-electron chi connectivity index (χ4n) is 5.31. The van der Waals surface area contributed by atoms with Crippen molar-refractivity contribution in [1.82, 2.24) is 0 Å². The standard InChI is InChI=1S/C21H16P.C11H12P.2ClH.Zr/c1-3-11-19(12-4-1)22(20-13-5-2-6-14-20)21-15-17-9-7-8-10-18(17)16-21;1-12(2)11-7-9-5-3-4-6-10(9)8-11;;;/h1-16H;3-8H,1-2H3;2*1H;/q;;;;+2/p-2. The number of fused-ring (bicyclic) bond motifs is 2. The van der Waals surface area contributed by atoms with E-state index in [1.165, 1.54) is 21.7 Å². The van der Waals surface area contributed by atoms with E-state index >= 15 is 0 Å². The first-order chi connectivity index (χ1) is 17.2. The average molecular weight is 637 g/mol. The molecule has 0 heterocycles. The molecule has 2 aliphatic carbocycles. The second-order valence-electron chi connectivity index (χ2n) is 9.33. The molecule has 2 atom stereocenters. The predicted molar refractivity (Wildman–Crippen MR) is 152 cm³/mol. The maximum absolute atomic E-state index is 2.57. The second kappa shape index (κ2) is 12.7. The largest absolute Gasteiger partial charge is 1.00 e. The van der Waals surface area contributed by atoms with Gasteiger partial charge in [-0.2, -0.15) is 0 Å². The van der Waals surface area contributed by atoms with Gasteiger partial charge in [-0.3, -0.25) is 0 Å². The smallest absolute Gasteiger partial charge is 1.00 e. The number of rotatable bonds is 6. The average Bonchev–Trinajstić information content (AvgIpc) is 3.45. The van der Waals surface area contributed by atoms with Crippen molar-refractivity contribution in [3.63, 3.8) is 0 Å². The molecule has 4 aromatic carbocycles. The zero-order chi connectivity index (χ0) is 23.8. The minimum atomic E-state index is -0.926. The monoisotopic (exact) mass is 634 g/mol. The van der Waals surface area contributed by atoms with Crippen LogP contribution in [-0.2, 0) is 23.2 Å². The molecule has 2 unspecified atom stereocenters. The van der Waals surface area contributed by atoms with Crippen molar-refractivity contribution in [2.75, 3.05) is 13.3 Å². The summed E-state index contributed by atoms with van der Waals surface area (Å²) < 4.78 is 1.26. The molecule has 37 heavy (non-hydrogen) atoms. The van der Waals surface area contributed by atoms with Crippen LogP contribution in [0.15, 0.2) is 120 Å². The van der Waals surface area contributed by atoms with E-state index in [0.29, 0.717) is 7.25 Å². The summed E-state index contributed by atoms with van der Waals surface area (Å²) in [7, 11) is -0.668. The molecule has 0 nitrogen and oxygen atoms in total. The third-order valence-corrected chi connectivity index (χ3v) is 16.8. The first-order valence-electron chi connectivity index (χ1n) is 12.2. The van der Waals surface area contributed by atoms with E-state index < -0.39 is 31.2 Å². The van der Waals surface area contributed by atoms with Crippen molar-refractivity contribution in [2.24, 2.45) is 0 Å². The maximum Gasteiger partial charge on any atom is -1.00 e. The van der Waals surface area contributed by atoms with Crippen LogP contribution in [-0.4, -0.2) is 13.3 Å². The molecule has 0 bridgehead atoms. The van der Waals surface area contributed by atoms with Crippen LogP contribution in [0, 0.1) is 0 Å². The van der Waals surface area contributed by atoms with Gasteiger partial charge in [0.05, 0.1) is 0 Å². The van der Waals surface area contributed by atoms with Crippen molar-refractivity contribution < 1.29 is 48.0 Å². The third-order valence-electron chi connectivity index (χ3n) is 6.95. The van der Waals surface area contributed by atoms with E-state index in [1.807, 2.05) is 0 Å². The second-order valence-corrected chi connectivity index (χ2v) is 17.5. The van der Waals surface area contributed by atoms with Gasteiger partial charge in [0.25, 0.3) is 0 Å². The Kier molecular flexibility index (Phi) is 9.84. The predicted octanol–water partition coefficient (Wildman–Crippen LogP) is 2.14. The van der Waals surface area contributed by atoms with Crippen LogP contribution in [0.3, 0.4) is 0 Å². The van der Waals surface area contributed by atoms with Crippen molar-refractivity contribution in [3.8, 4) is 0 Å². The van der Waals surface area contributed by atoms with Crippen LogP contribution < -0.4 is 35.4 Å². The van der Waals surface area contributed by atoms with E-state index in [9.17, 15) is 0 Å². The molecular weight excluding hydrogens is 608 g/mol. The van der Waals surface area contributed by atoms with Crippen molar-refractivity contribution in [3.05, 3.63) is 142 Å². The molecule has 0 N–H and O–H groups in total. The molecular formula is C32H28Cl2P2Zr. The van der Waals surface area contributed by atoms with E-state index in [-0.39, 0.29) is 32.7 Å². The fourth-order valence-corrected chi connectivity index (χ4v) is 16.8. The van der Waals surface area contributed by atoms with Crippen molar-refractivity contribution in [1.29, 1.82) is 0 Å². The molecule has 0 amide bonds. The number of benzene rings is 4. The molecule has 184 valence electrons. The normalized spacial score (nSPS) is 17.2. The van der Waals surface area contributed by atoms with Crippen molar-refractivity contribution in [2.45, 2.75) is 7.25 Å². The molecule has 0 spiro atoms. The Bertz CT molecular complexity index is 1380.